The lowest BCUT2D eigenvalue weighted by molar-refractivity contribution is 0.0509. The summed E-state index contributed by atoms with van der Waals surface area (Å²) in [5, 5.41) is 8.63. The number of nitrogens with zero attached hydrogens (tertiary/aromatic N) is 1. The first-order valence-electron chi connectivity index (χ1n) is 3.50. The fourth-order valence-electron chi connectivity index (χ4n) is 0.743. The number of rotatable bonds is 3. The van der Waals surface area contributed by atoms with Crippen LogP contribution < -0.4 is 0 Å². The maximum atomic E-state index is 11.1. The average molecular weight is 201 g/mol. The predicted molar refractivity (Wildman–Crippen MR) is 45.0 cm³/mol. The van der Waals surface area contributed by atoms with E-state index in [0.717, 1.165) is 11.3 Å². The number of esters is 1. The molecule has 0 aliphatic heterocycles. The van der Waals surface area contributed by atoms with E-state index < -0.39 is 11.9 Å². The van der Waals surface area contributed by atoms with Crippen LogP contribution in [0.5, 0.6) is 0 Å². The van der Waals surface area contributed by atoms with Crippen molar-refractivity contribution in [2.24, 2.45) is 0 Å². The molecule has 0 saturated heterocycles. The Bertz CT molecular complexity index is 333. The Balaban J connectivity index is 2.93. The Morgan fingerprint density at radius 2 is 2.38 bits per heavy atom. The van der Waals surface area contributed by atoms with Crippen LogP contribution in [0.3, 0.4) is 0 Å². The summed E-state index contributed by atoms with van der Waals surface area (Å²) in [6.45, 7) is 1.85. The molecular weight excluding hydrogens is 194 g/mol. The second-order valence-corrected chi connectivity index (χ2v) is 2.91. The van der Waals surface area contributed by atoms with Crippen LogP contribution in [0.1, 0.15) is 27.1 Å². The molecule has 0 atom stereocenters. The molecule has 1 rings (SSSR count). The van der Waals surface area contributed by atoms with E-state index >= 15 is 0 Å². The second kappa shape index (κ2) is 3.99. The lowest BCUT2D eigenvalue weighted by Gasteiger charge is -1.98. The lowest BCUT2D eigenvalue weighted by Crippen LogP contribution is -2.10. The third kappa shape index (κ3) is 2.03. The molecule has 0 aromatic carbocycles. The van der Waals surface area contributed by atoms with Crippen LogP contribution in [0, 0.1) is 0 Å². The number of carbonyl (C=O) groups is 2. The van der Waals surface area contributed by atoms with E-state index in [4.69, 9.17) is 5.11 Å². The third-order valence-electron chi connectivity index (χ3n) is 1.23. The highest BCUT2D eigenvalue weighted by molar-refractivity contribution is 7.12. The summed E-state index contributed by atoms with van der Waals surface area (Å²) in [5.41, 5.74) is 1.18. The lowest BCUT2D eigenvalue weighted by atomic mass is 10.3. The van der Waals surface area contributed by atoms with Crippen molar-refractivity contribution >= 4 is 23.3 Å². The average Bonchev–Trinajstić information content (AvgIpc) is 2.52. The van der Waals surface area contributed by atoms with Gasteiger partial charge in [0.2, 0.25) is 0 Å². The summed E-state index contributed by atoms with van der Waals surface area (Å²) in [7, 11) is 0. The van der Waals surface area contributed by atoms with Crippen molar-refractivity contribution in [2.45, 2.75) is 6.92 Å². The predicted octanol–water partition coefficient (Wildman–Crippen LogP) is 1.02. The number of aromatic nitrogens is 1. The maximum Gasteiger partial charge on any atom is 0.358 e. The molecule has 0 aliphatic rings. The van der Waals surface area contributed by atoms with Gasteiger partial charge in [-0.3, -0.25) is 0 Å². The Hall–Kier alpha value is -1.43. The van der Waals surface area contributed by atoms with Crippen molar-refractivity contribution in [1.82, 2.24) is 4.98 Å². The quantitative estimate of drug-likeness (QED) is 0.739. The van der Waals surface area contributed by atoms with Gasteiger partial charge in [-0.1, -0.05) is 0 Å². The molecule has 0 amide bonds. The van der Waals surface area contributed by atoms with E-state index in [-0.39, 0.29) is 17.2 Å². The van der Waals surface area contributed by atoms with Gasteiger partial charge in [-0.05, 0) is 6.92 Å². The highest BCUT2D eigenvalue weighted by Gasteiger charge is 2.20. The van der Waals surface area contributed by atoms with Gasteiger partial charge >= 0.3 is 11.9 Å². The van der Waals surface area contributed by atoms with E-state index in [1.54, 1.807) is 6.92 Å². The van der Waals surface area contributed by atoms with Crippen LogP contribution in [0.25, 0.3) is 0 Å². The molecule has 0 saturated carbocycles. The molecule has 0 radical (unpaired) electrons. The SMILES string of the molecule is CCOC(=O)c1ncsc1C(=O)O. The fourth-order valence-corrected chi connectivity index (χ4v) is 1.35. The molecule has 1 aromatic rings. The number of aromatic carboxylic acids is 1. The summed E-state index contributed by atoms with van der Waals surface area (Å²) in [6, 6.07) is 0. The molecule has 70 valence electrons. The minimum Gasteiger partial charge on any atom is -0.477 e. The van der Waals surface area contributed by atoms with E-state index in [0.29, 0.717) is 0 Å². The first-order valence-corrected chi connectivity index (χ1v) is 4.38. The van der Waals surface area contributed by atoms with E-state index in [2.05, 4.69) is 9.72 Å². The van der Waals surface area contributed by atoms with Crippen molar-refractivity contribution < 1.29 is 19.4 Å². The molecule has 1 N–H and O–H groups in total. The van der Waals surface area contributed by atoms with Gasteiger partial charge in [-0.2, -0.15) is 0 Å². The summed E-state index contributed by atoms with van der Waals surface area (Å²) >= 11 is 0.900. The van der Waals surface area contributed by atoms with Crippen molar-refractivity contribution in [1.29, 1.82) is 0 Å². The van der Waals surface area contributed by atoms with Crippen LogP contribution in [0.4, 0.5) is 0 Å². The Morgan fingerprint density at radius 1 is 1.69 bits per heavy atom. The van der Waals surface area contributed by atoms with Crippen LogP contribution in [-0.2, 0) is 4.74 Å². The van der Waals surface area contributed by atoms with Crippen molar-refractivity contribution in [3.05, 3.63) is 16.1 Å². The van der Waals surface area contributed by atoms with Gasteiger partial charge in [0.1, 0.15) is 4.88 Å². The van der Waals surface area contributed by atoms with Gasteiger partial charge < -0.3 is 9.84 Å². The van der Waals surface area contributed by atoms with Crippen molar-refractivity contribution in [3.8, 4) is 0 Å². The molecule has 6 heteroatoms. The minimum atomic E-state index is -1.16. The van der Waals surface area contributed by atoms with Crippen molar-refractivity contribution in [2.75, 3.05) is 6.61 Å². The van der Waals surface area contributed by atoms with Gasteiger partial charge in [0.25, 0.3) is 0 Å². The molecule has 5 nitrogen and oxygen atoms in total. The van der Waals surface area contributed by atoms with E-state index in [9.17, 15) is 9.59 Å². The van der Waals surface area contributed by atoms with Crippen molar-refractivity contribution in [3.63, 3.8) is 0 Å². The van der Waals surface area contributed by atoms with Crippen LogP contribution >= 0.6 is 11.3 Å². The van der Waals surface area contributed by atoms with Gasteiger partial charge in [0.05, 0.1) is 12.1 Å². The van der Waals surface area contributed by atoms with Crippen LogP contribution in [0.15, 0.2) is 5.51 Å². The fraction of sp³-hybridized carbons (Fsp3) is 0.286. The van der Waals surface area contributed by atoms with E-state index in [1.807, 2.05) is 0 Å². The zero-order chi connectivity index (χ0) is 9.84. The first-order chi connectivity index (χ1) is 6.16. The largest absolute Gasteiger partial charge is 0.477 e. The summed E-state index contributed by atoms with van der Waals surface area (Å²) in [4.78, 5) is 25.2. The molecule has 1 aromatic heterocycles. The van der Waals surface area contributed by atoms with Crippen LogP contribution in [-0.4, -0.2) is 28.6 Å². The molecule has 0 spiro atoms. The standard InChI is InChI=1S/C7H7NO4S/c1-2-12-7(11)4-5(6(9)10)13-3-8-4/h3H,2H2,1H3,(H,9,10). The topological polar surface area (TPSA) is 76.5 Å². The number of carbonyl (C=O) groups excluding carboxylic acids is 1. The molecular formula is C7H7NO4S. The van der Waals surface area contributed by atoms with Gasteiger partial charge in [-0.25, -0.2) is 14.6 Å². The normalized spacial score (nSPS) is 9.62. The number of thiazole rings is 1. The number of carboxylic acid groups (broad SMARTS) is 1. The summed E-state index contributed by atoms with van der Waals surface area (Å²) in [5.74, 6) is -1.85. The Kier molecular flexibility index (Phi) is 2.97. The van der Waals surface area contributed by atoms with Crippen LogP contribution in [0.2, 0.25) is 0 Å². The highest BCUT2D eigenvalue weighted by Crippen LogP contribution is 2.13. The summed E-state index contributed by atoms with van der Waals surface area (Å²) < 4.78 is 4.62. The third-order valence-corrected chi connectivity index (χ3v) is 2.04. The molecule has 0 bridgehead atoms. The zero-order valence-electron chi connectivity index (χ0n) is 6.81. The zero-order valence-corrected chi connectivity index (χ0v) is 7.63. The molecule has 0 unspecified atom stereocenters. The summed E-state index contributed by atoms with van der Waals surface area (Å²) in [6.07, 6.45) is 0. The van der Waals surface area contributed by atoms with Gasteiger partial charge in [0.15, 0.2) is 5.69 Å². The smallest absolute Gasteiger partial charge is 0.358 e. The van der Waals surface area contributed by atoms with Gasteiger partial charge in [-0.15, -0.1) is 11.3 Å². The minimum absolute atomic E-state index is 0.0848. The Labute approximate surface area is 78.0 Å². The number of carboxylic acids is 1. The highest BCUT2D eigenvalue weighted by atomic mass is 32.1. The first kappa shape index (κ1) is 9.66. The van der Waals surface area contributed by atoms with Gasteiger partial charge in [0, 0.05) is 0 Å². The monoisotopic (exact) mass is 201 g/mol. The van der Waals surface area contributed by atoms with E-state index in [1.165, 1.54) is 5.51 Å². The number of hydrogen-bond donors (Lipinski definition) is 1. The maximum absolute atomic E-state index is 11.1. The number of hydrogen-bond acceptors (Lipinski definition) is 5. The Morgan fingerprint density at radius 3 is 2.92 bits per heavy atom. The number of ether oxygens (including phenoxy) is 1. The second-order valence-electron chi connectivity index (χ2n) is 2.06. The molecule has 13 heavy (non-hydrogen) atoms. The molecule has 1 heterocycles. The molecule has 0 fully saturated rings. The molecule has 0 aliphatic carbocycles.